The summed E-state index contributed by atoms with van der Waals surface area (Å²) in [6.45, 7) is 4.29. The number of rotatable bonds is 2. The molecule has 5 rings (SSSR count). The first-order valence-electron chi connectivity index (χ1n) is 11.5. The van der Waals surface area contributed by atoms with Crippen molar-refractivity contribution >= 4 is 11.9 Å². The number of nitrogens with zero attached hydrogens (tertiary/aromatic N) is 4. The van der Waals surface area contributed by atoms with Crippen LogP contribution in [0.3, 0.4) is 0 Å². The standard InChI is InChI=1S/C24H32N4O/c1-17(2)21-25-23-27(22(29)18-11-5-3-6-12-18)20-14-8-7-13-19(20)24(28(23)26-21)15-9-4-10-16-24/h3,5-6,11-12,17,19-20H,4,7-10,13-16H2,1-2H3/t19-,20+/m1/s1. The van der Waals surface area contributed by atoms with E-state index in [0.717, 1.165) is 23.8 Å². The van der Waals surface area contributed by atoms with E-state index in [-0.39, 0.29) is 23.4 Å². The van der Waals surface area contributed by atoms with E-state index in [2.05, 4.69) is 18.5 Å². The molecule has 1 spiro atoms. The first-order valence-corrected chi connectivity index (χ1v) is 11.5. The van der Waals surface area contributed by atoms with Gasteiger partial charge in [0.1, 0.15) is 0 Å². The Morgan fingerprint density at radius 1 is 1.03 bits per heavy atom. The third-order valence-electron chi connectivity index (χ3n) is 7.47. The van der Waals surface area contributed by atoms with E-state index in [1.807, 2.05) is 35.2 Å². The van der Waals surface area contributed by atoms with Gasteiger partial charge >= 0.3 is 0 Å². The van der Waals surface area contributed by atoms with E-state index in [9.17, 15) is 4.79 Å². The Kier molecular flexibility index (Phi) is 4.72. The number of hydrogen-bond donors (Lipinski definition) is 0. The molecule has 0 N–H and O–H groups in total. The van der Waals surface area contributed by atoms with Crippen LogP contribution < -0.4 is 4.90 Å². The van der Waals surface area contributed by atoms with Crippen molar-refractivity contribution < 1.29 is 4.79 Å². The Balaban J connectivity index is 1.68. The third kappa shape index (κ3) is 2.92. The monoisotopic (exact) mass is 392 g/mol. The van der Waals surface area contributed by atoms with Crippen molar-refractivity contribution in [3.63, 3.8) is 0 Å². The molecular weight excluding hydrogens is 360 g/mol. The number of anilines is 1. The van der Waals surface area contributed by atoms with Crippen LogP contribution in [0.15, 0.2) is 30.3 Å². The first-order chi connectivity index (χ1) is 14.1. The third-order valence-corrected chi connectivity index (χ3v) is 7.47. The smallest absolute Gasteiger partial charge is 0.260 e. The quantitative estimate of drug-likeness (QED) is 0.699. The molecule has 2 saturated carbocycles. The van der Waals surface area contributed by atoms with E-state index in [1.165, 1.54) is 51.4 Å². The molecule has 0 unspecified atom stereocenters. The van der Waals surface area contributed by atoms with Crippen LogP contribution in [-0.2, 0) is 5.54 Å². The highest BCUT2D eigenvalue weighted by Crippen LogP contribution is 2.53. The highest BCUT2D eigenvalue weighted by Gasteiger charge is 2.55. The summed E-state index contributed by atoms with van der Waals surface area (Å²) in [5, 5.41) is 5.06. The zero-order valence-electron chi connectivity index (χ0n) is 17.7. The van der Waals surface area contributed by atoms with Crippen LogP contribution in [0.1, 0.15) is 93.7 Å². The lowest BCUT2D eigenvalue weighted by Gasteiger charge is -2.55. The van der Waals surface area contributed by atoms with Gasteiger partial charge in [-0.25, -0.2) is 4.68 Å². The summed E-state index contributed by atoms with van der Waals surface area (Å²) in [4.78, 5) is 20.7. The number of amides is 1. The van der Waals surface area contributed by atoms with Crippen LogP contribution in [0.4, 0.5) is 5.95 Å². The van der Waals surface area contributed by atoms with Crippen molar-refractivity contribution in [1.82, 2.24) is 14.8 Å². The van der Waals surface area contributed by atoms with Gasteiger partial charge in [0, 0.05) is 23.4 Å². The average Bonchev–Trinajstić information content (AvgIpc) is 3.22. The molecule has 5 nitrogen and oxygen atoms in total. The fourth-order valence-corrected chi connectivity index (χ4v) is 6.08. The summed E-state index contributed by atoms with van der Waals surface area (Å²) in [5.74, 6) is 2.49. The molecule has 5 heteroatoms. The number of benzene rings is 1. The zero-order chi connectivity index (χ0) is 20.0. The molecule has 2 heterocycles. The maximum absolute atomic E-state index is 13.7. The highest BCUT2D eigenvalue weighted by atomic mass is 16.2. The Labute approximate surface area is 173 Å². The maximum Gasteiger partial charge on any atom is 0.260 e. The van der Waals surface area contributed by atoms with Gasteiger partial charge < -0.3 is 0 Å². The Morgan fingerprint density at radius 3 is 2.48 bits per heavy atom. The fraction of sp³-hybridized carbons (Fsp3) is 0.625. The minimum absolute atomic E-state index is 0.0479. The molecule has 29 heavy (non-hydrogen) atoms. The molecule has 2 atom stereocenters. The maximum atomic E-state index is 13.7. The van der Waals surface area contributed by atoms with Gasteiger partial charge in [-0.1, -0.05) is 64.2 Å². The van der Waals surface area contributed by atoms with Crippen molar-refractivity contribution in [2.24, 2.45) is 5.92 Å². The largest absolute Gasteiger partial charge is 0.273 e. The van der Waals surface area contributed by atoms with Crippen molar-refractivity contribution in [3.05, 3.63) is 41.7 Å². The molecule has 2 aromatic rings. The minimum Gasteiger partial charge on any atom is -0.273 e. The van der Waals surface area contributed by atoms with Gasteiger partial charge in [0.2, 0.25) is 5.95 Å². The number of hydrogen-bond acceptors (Lipinski definition) is 3. The second-order valence-electron chi connectivity index (χ2n) is 9.50. The van der Waals surface area contributed by atoms with Crippen molar-refractivity contribution in [1.29, 1.82) is 0 Å². The summed E-state index contributed by atoms with van der Waals surface area (Å²) in [6, 6.07) is 9.95. The van der Waals surface area contributed by atoms with Crippen LogP contribution >= 0.6 is 0 Å². The van der Waals surface area contributed by atoms with E-state index in [1.54, 1.807) is 0 Å². The summed E-state index contributed by atoms with van der Waals surface area (Å²) in [7, 11) is 0. The molecule has 0 saturated heterocycles. The molecule has 1 aromatic carbocycles. The van der Waals surface area contributed by atoms with Gasteiger partial charge in [0.25, 0.3) is 5.91 Å². The molecule has 154 valence electrons. The predicted octanol–water partition coefficient (Wildman–Crippen LogP) is 5.28. The Morgan fingerprint density at radius 2 is 1.76 bits per heavy atom. The van der Waals surface area contributed by atoms with Gasteiger partial charge in [-0.15, -0.1) is 0 Å². The summed E-state index contributed by atoms with van der Waals surface area (Å²) in [5.41, 5.74) is 0.795. The zero-order valence-corrected chi connectivity index (χ0v) is 17.7. The van der Waals surface area contributed by atoms with Crippen LogP contribution in [0.2, 0.25) is 0 Å². The van der Waals surface area contributed by atoms with Crippen molar-refractivity contribution in [2.75, 3.05) is 4.90 Å². The molecule has 1 aromatic heterocycles. The lowest BCUT2D eigenvalue weighted by Crippen LogP contribution is -2.61. The van der Waals surface area contributed by atoms with Crippen LogP contribution in [0.25, 0.3) is 0 Å². The molecule has 2 aliphatic carbocycles. The molecular formula is C24H32N4O. The minimum atomic E-state index is 0.0479. The second kappa shape index (κ2) is 7.26. The number of carbonyl (C=O) groups excluding carboxylic acids is 1. The topological polar surface area (TPSA) is 51.0 Å². The van der Waals surface area contributed by atoms with E-state index >= 15 is 0 Å². The van der Waals surface area contributed by atoms with Gasteiger partial charge in [-0.05, 0) is 37.8 Å². The molecule has 1 aliphatic heterocycles. The second-order valence-corrected chi connectivity index (χ2v) is 9.50. The Bertz CT molecular complexity index is 882. The van der Waals surface area contributed by atoms with Crippen LogP contribution in [0, 0.1) is 5.92 Å². The Hall–Kier alpha value is -2.17. The molecule has 2 fully saturated rings. The fourth-order valence-electron chi connectivity index (χ4n) is 6.08. The molecule has 3 aliphatic rings. The first kappa shape index (κ1) is 18.8. The van der Waals surface area contributed by atoms with E-state index < -0.39 is 0 Å². The van der Waals surface area contributed by atoms with Crippen molar-refractivity contribution in [3.8, 4) is 0 Å². The normalized spacial score (nSPS) is 25.7. The predicted molar refractivity (Wildman–Crippen MR) is 114 cm³/mol. The SMILES string of the molecule is CC(C)c1nc2n(n1)C1(CCCCC1)[C@@H]1CCCC[C@@H]1N2C(=O)c1ccccc1. The summed E-state index contributed by atoms with van der Waals surface area (Å²) < 4.78 is 2.22. The summed E-state index contributed by atoms with van der Waals surface area (Å²) >= 11 is 0. The van der Waals surface area contributed by atoms with Gasteiger partial charge in [0.15, 0.2) is 5.82 Å². The van der Waals surface area contributed by atoms with Gasteiger partial charge in [-0.3, -0.25) is 9.69 Å². The van der Waals surface area contributed by atoms with Crippen molar-refractivity contribution in [2.45, 2.75) is 89.1 Å². The van der Waals surface area contributed by atoms with E-state index in [4.69, 9.17) is 10.1 Å². The lowest BCUT2D eigenvalue weighted by molar-refractivity contribution is 0.0310. The van der Waals surface area contributed by atoms with Gasteiger partial charge in [-0.2, -0.15) is 10.1 Å². The number of fused-ring (bicyclic) bond motifs is 4. The number of aromatic nitrogens is 3. The lowest BCUT2D eigenvalue weighted by atomic mass is 9.64. The average molecular weight is 393 g/mol. The van der Waals surface area contributed by atoms with E-state index in [0.29, 0.717) is 5.92 Å². The molecule has 0 radical (unpaired) electrons. The van der Waals surface area contributed by atoms with Crippen LogP contribution in [-0.4, -0.2) is 26.7 Å². The van der Waals surface area contributed by atoms with Crippen LogP contribution in [0.5, 0.6) is 0 Å². The van der Waals surface area contributed by atoms with Gasteiger partial charge in [0.05, 0.1) is 5.54 Å². The number of carbonyl (C=O) groups is 1. The summed E-state index contributed by atoms with van der Waals surface area (Å²) in [6.07, 6.45) is 10.9. The highest BCUT2D eigenvalue weighted by molar-refractivity contribution is 6.05. The molecule has 0 bridgehead atoms. The molecule has 1 amide bonds.